The second-order valence-electron chi connectivity index (χ2n) is 6.72. The molecule has 1 aromatic rings. The Morgan fingerprint density at radius 2 is 2.13 bits per heavy atom. The van der Waals surface area contributed by atoms with Crippen LogP contribution in [0.15, 0.2) is 30.3 Å². The minimum absolute atomic E-state index is 0.0235. The van der Waals surface area contributed by atoms with Gasteiger partial charge in [0, 0.05) is 32.2 Å². The van der Waals surface area contributed by atoms with Gasteiger partial charge >= 0.3 is 0 Å². The molecule has 0 radical (unpaired) electrons. The van der Waals surface area contributed by atoms with Gasteiger partial charge in [-0.2, -0.15) is 0 Å². The molecule has 1 amide bonds. The van der Waals surface area contributed by atoms with Crippen molar-refractivity contribution in [3.8, 4) is 0 Å². The van der Waals surface area contributed by atoms with E-state index in [1.165, 1.54) is 18.4 Å². The van der Waals surface area contributed by atoms with Crippen molar-refractivity contribution in [3.63, 3.8) is 0 Å². The minimum Gasteiger partial charge on any atom is -0.375 e. The van der Waals surface area contributed by atoms with Crippen LogP contribution in [-0.4, -0.2) is 49.2 Å². The molecule has 1 aliphatic carbocycles. The van der Waals surface area contributed by atoms with Crippen LogP contribution in [0.1, 0.15) is 24.8 Å². The van der Waals surface area contributed by atoms with Crippen molar-refractivity contribution >= 4 is 5.91 Å². The summed E-state index contributed by atoms with van der Waals surface area (Å²) in [6.07, 6.45) is 2.81. The standard InChI is InChI=1S/C18H27N3O2/c19-17(15-6-7-15)11-20-18(22)10-16-13-21(8-9-23-16)12-14-4-2-1-3-5-14/h1-5,15-17H,6-13,19H2,(H,20,22). The zero-order valence-electron chi connectivity index (χ0n) is 13.6. The molecule has 1 saturated heterocycles. The molecule has 1 aromatic carbocycles. The fourth-order valence-corrected chi connectivity index (χ4v) is 3.09. The van der Waals surface area contributed by atoms with Crippen molar-refractivity contribution in [2.75, 3.05) is 26.2 Å². The molecule has 2 aliphatic rings. The number of nitrogens with one attached hydrogen (secondary N) is 1. The van der Waals surface area contributed by atoms with Crippen molar-refractivity contribution in [2.24, 2.45) is 11.7 Å². The number of nitrogens with zero attached hydrogens (tertiary/aromatic N) is 1. The Labute approximate surface area is 138 Å². The fraction of sp³-hybridized carbons (Fsp3) is 0.611. The van der Waals surface area contributed by atoms with Crippen LogP contribution in [0.5, 0.6) is 0 Å². The lowest BCUT2D eigenvalue weighted by Crippen LogP contribution is -2.45. The molecule has 2 atom stereocenters. The predicted octanol–water partition coefficient (Wildman–Crippen LogP) is 1.13. The van der Waals surface area contributed by atoms with Gasteiger partial charge in [-0.05, 0) is 24.3 Å². The highest BCUT2D eigenvalue weighted by Crippen LogP contribution is 2.31. The molecule has 0 spiro atoms. The lowest BCUT2D eigenvalue weighted by atomic mass is 10.1. The van der Waals surface area contributed by atoms with Crippen molar-refractivity contribution in [1.82, 2.24) is 10.2 Å². The first kappa shape index (κ1) is 16.4. The molecular weight excluding hydrogens is 290 g/mol. The van der Waals surface area contributed by atoms with Crippen LogP contribution in [0.25, 0.3) is 0 Å². The van der Waals surface area contributed by atoms with Crippen LogP contribution >= 0.6 is 0 Å². The smallest absolute Gasteiger partial charge is 0.222 e. The lowest BCUT2D eigenvalue weighted by molar-refractivity contribution is -0.126. The number of carbonyl (C=O) groups is 1. The van der Waals surface area contributed by atoms with E-state index in [-0.39, 0.29) is 18.1 Å². The molecule has 1 heterocycles. The van der Waals surface area contributed by atoms with E-state index < -0.39 is 0 Å². The molecule has 2 unspecified atom stereocenters. The number of morpholine rings is 1. The third-order valence-corrected chi connectivity index (χ3v) is 4.65. The Balaban J connectivity index is 1.40. The number of hydrogen-bond donors (Lipinski definition) is 2. The van der Waals surface area contributed by atoms with E-state index in [1.54, 1.807) is 0 Å². The Morgan fingerprint density at radius 1 is 1.35 bits per heavy atom. The molecule has 2 fully saturated rings. The maximum atomic E-state index is 12.1. The van der Waals surface area contributed by atoms with Crippen molar-refractivity contribution < 1.29 is 9.53 Å². The Kier molecular flexibility index (Phi) is 5.65. The molecule has 1 aliphatic heterocycles. The number of nitrogens with two attached hydrogens (primary N) is 1. The van der Waals surface area contributed by atoms with Crippen LogP contribution in [-0.2, 0) is 16.1 Å². The lowest BCUT2D eigenvalue weighted by Gasteiger charge is -2.32. The zero-order chi connectivity index (χ0) is 16.1. The first-order valence-electron chi connectivity index (χ1n) is 8.61. The van der Waals surface area contributed by atoms with E-state index in [1.807, 2.05) is 6.07 Å². The Bertz CT molecular complexity index is 504. The topological polar surface area (TPSA) is 67.6 Å². The van der Waals surface area contributed by atoms with E-state index in [4.69, 9.17) is 10.5 Å². The largest absolute Gasteiger partial charge is 0.375 e. The van der Waals surface area contributed by atoms with Gasteiger partial charge in [-0.25, -0.2) is 0 Å². The first-order chi connectivity index (χ1) is 11.2. The summed E-state index contributed by atoms with van der Waals surface area (Å²) >= 11 is 0. The molecule has 23 heavy (non-hydrogen) atoms. The van der Waals surface area contributed by atoms with Gasteiger partial charge < -0.3 is 15.8 Å². The van der Waals surface area contributed by atoms with E-state index in [0.717, 1.165) is 19.6 Å². The number of amides is 1. The quantitative estimate of drug-likeness (QED) is 0.791. The summed E-state index contributed by atoms with van der Waals surface area (Å²) in [7, 11) is 0. The van der Waals surface area contributed by atoms with Crippen molar-refractivity contribution in [2.45, 2.75) is 38.0 Å². The van der Waals surface area contributed by atoms with Gasteiger partial charge in [-0.15, -0.1) is 0 Å². The van der Waals surface area contributed by atoms with Gasteiger partial charge in [0.25, 0.3) is 0 Å². The number of rotatable bonds is 7. The van der Waals surface area contributed by atoms with Gasteiger partial charge in [0.1, 0.15) is 0 Å². The number of hydrogen-bond acceptors (Lipinski definition) is 4. The zero-order valence-corrected chi connectivity index (χ0v) is 13.6. The minimum atomic E-state index is -0.0235. The van der Waals surface area contributed by atoms with Crippen LogP contribution in [0.3, 0.4) is 0 Å². The summed E-state index contributed by atoms with van der Waals surface area (Å²) in [6.45, 7) is 3.90. The van der Waals surface area contributed by atoms with Crippen LogP contribution in [0.4, 0.5) is 0 Å². The van der Waals surface area contributed by atoms with Crippen LogP contribution < -0.4 is 11.1 Å². The van der Waals surface area contributed by atoms with Crippen molar-refractivity contribution in [1.29, 1.82) is 0 Å². The van der Waals surface area contributed by atoms with E-state index in [2.05, 4.69) is 34.5 Å². The highest BCUT2D eigenvalue weighted by Gasteiger charge is 2.29. The Hall–Kier alpha value is -1.43. The summed E-state index contributed by atoms with van der Waals surface area (Å²) in [5, 5.41) is 2.95. The summed E-state index contributed by atoms with van der Waals surface area (Å²) in [6, 6.07) is 10.5. The van der Waals surface area contributed by atoms with Crippen molar-refractivity contribution in [3.05, 3.63) is 35.9 Å². The van der Waals surface area contributed by atoms with Crippen LogP contribution in [0, 0.1) is 5.92 Å². The average molecular weight is 317 g/mol. The Morgan fingerprint density at radius 3 is 2.87 bits per heavy atom. The van der Waals surface area contributed by atoms with Crippen LogP contribution in [0.2, 0.25) is 0 Å². The van der Waals surface area contributed by atoms with E-state index in [9.17, 15) is 4.79 Å². The van der Waals surface area contributed by atoms with Gasteiger partial charge in [0.2, 0.25) is 5.91 Å². The maximum absolute atomic E-state index is 12.1. The highest BCUT2D eigenvalue weighted by molar-refractivity contribution is 5.76. The molecule has 3 rings (SSSR count). The second-order valence-corrected chi connectivity index (χ2v) is 6.72. The van der Waals surface area contributed by atoms with E-state index >= 15 is 0 Å². The third kappa shape index (κ3) is 5.30. The monoisotopic (exact) mass is 317 g/mol. The maximum Gasteiger partial charge on any atom is 0.222 e. The summed E-state index contributed by atoms with van der Waals surface area (Å²) in [4.78, 5) is 14.4. The van der Waals surface area contributed by atoms with Gasteiger partial charge in [-0.3, -0.25) is 9.69 Å². The fourth-order valence-electron chi connectivity index (χ4n) is 3.09. The van der Waals surface area contributed by atoms with Gasteiger partial charge in [-0.1, -0.05) is 30.3 Å². The normalized spacial score (nSPS) is 23.4. The summed E-state index contributed by atoms with van der Waals surface area (Å²) < 4.78 is 5.75. The molecule has 126 valence electrons. The number of ether oxygens (including phenoxy) is 1. The first-order valence-corrected chi connectivity index (χ1v) is 8.61. The second kappa shape index (κ2) is 7.90. The number of carbonyl (C=O) groups excluding carboxylic acids is 1. The molecule has 3 N–H and O–H groups in total. The van der Waals surface area contributed by atoms with Gasteiger partial charge in [0.05, 0.1) is 19.1 Å². The summed E-state index contributed by atoms with van der Waals surface area (Å²) in [5.41, 5.74) is 7.31. The highest BCUT2D eigenvalue weighted by atomic mass is 16.5. The molecule has 5 heteroatoms. The molecule has 1 saturated carbocycles. The third-order valence-electron chi connectivity index (χ3n) is 4.65. The SMILES string of the molecule is NC(CNC(=O)CC1CN(Cc2ccccc2)CCO1)C1CC1. The molecule has 0 aromatic heterocycles. The van der Waals surface area contributed by atoms with E-state index in [0.29, 0.717) is 25.5 Å². The average Bonchev–Trinajstić information content (AvgIpc) is 3.39. The number of benzene rings is 1. The predicted molar refractivity (Wildman–Crippen MR) is 89.8 cm³/mol. The molecular formula is C18H27N3O2. The molecule has 5 nitrogen and oxygen atoms in total. The molecule has 0 bridgehead atoms. The van der Waals surface area contributed by atoms with Gasteiger partial charge in [0.15, 0.2) is 0 Å². The summed E-state index contributed by atoms with van der Waals surface area (Å²) in [5.74, 6) is 0.662.